The van der Waals surface area contributed by atoms with E-state index in [4.69, 9.17) is 21.2 Å². The number of thiophene rings is 1. The van der Waals surface area contributed by atoms with E-state index in [1.807, 2.05) is 23.5 Å². The zero-order valence-corrected chi connectivity index (χ0v) is 13.3. The summed E-state index contributed by atoms with van der Waals surface area (Å²) in [4.78, 5) is 20.3. The van der Waals surface area contributed by atoms with Crippen LogP contribution in [0, 0.1) is 0 Å². The minimum Gasteiger partial charge on any atom is -0.292 e. The molecule has 1 aromatic heterocycles. The van der Waals surface area contributed by atoms with Gasteiger partial charge in [-0.15, -0.1) is 11.3 Å². The van der Waals surface area contributed by atoms with Crippen LogP contribution in [0.3, 0.4) is 0 Å². The molecular weight excluding hydrogens is 306 g/mol. The monoisotopic (exact) mass is 321 g/mol. The Balaban J connectivity index is 0.000000497. The average Bonchev–Trinajstić information content (AvgIpc) is 2.95. The van der Waals surface area contributed by atoms with Crippen LogP contribution in [0.1, 0.15) is 29.0 Å². The van der Waals surface area contributed by atoms with E-state index in [0.29, 0.717) is 6.04 Å². The molecule has 0 unspecified atom stereocenters. The van der Waals surface area contributed by atoms with Crippen LogP contribution in [0.15, 0.2) is 35.7 Å². The molecule has 5 heteroatoms. The van der Waals surface area contributed by atoms with E-state index < -0.39 is 0 Å². The van der Waals surface area contributed by atoms with Crippen LogP contribution in [0.25, 0.3) is 0 Å². The first-order valence-electron chi connectivity index (χ1n) is 6.70. The molecule has 3 rings (SSSR count). The van der Waals surface area contributed by atoms with Crippen LogP contribution in [0.2, 0.25) is 5.02 Å². The van der Waals surface area contributed by atoms with Crippen molar-refractivity contribution in [2.75, 3.05) is 6.54 Å². The molecular formula is C16H16ClNO2S. The fourth-order valence-corrected chi connectivity index (χ4v) is 3.79. The molecule has 1 atom stereocenters. The second kappa shape index (κ2) is 7.53. The summed E-state index contributed by atoms with van der Waals surface area (Å²) in [7, 11) is 0. The summed E-state index contributed by atoms with van der Waals surface area (Å²) in [6.07, 6.45) is 1.42. The minimum atomic E-state index is 0.250. The van der Waals surface area contributed by atoms with E-state index >= 15 is 0 Å². The molecule has 2 aromatic rings. The van der Waals surface area contributed by atoms with Gasteiger partial charge >= 0.3 is 6.15 Å². The lowest BCUT2D eigenvalue weighted by atomic mass is 10.0. The maximum atomic E-state index is 8.12. The van der Waals surface area contributed by atoms with Gasteiger partial charge in [0.15, 0.2) is 0 Å². The molecule has 0 saturated heterocycles. The van der Waals surface area contributed by atoms with Gasteiger partial charge in [0.2, 0.25) is 0 Å². The van der Waals surface area contributed by atoms with Gasteiger partial charge < -0.3 is 0 Å². The summed E-state index contributed by atoms with van der Waals surface area (Å²) in [5.74, 6) is 0. The zero-order chi connectivity index (χ0) is 15.2. The quantitative estimate of drug-likeness (QED) is 0.841. The topological polar surface area (TPSA) is 37.4 Å². The maximum absolute atomic E-state index is 8.12. The first-order chi connectivity index (χ1) is 10.2. The molecule has 0 spiro atoms. The Morgan fingerprint density at radius 2 is 2.00 bits per heavy atom. The smallest absolute Gasteiger partial charge is 0.292 e. The third-order valence-electron chi connectivity index (χ3n) is 3.74. The van der Waals surface area contributed by atoms with Crippen LogP contribution in [-0.4, -0.2) is 17.6 Å². The number of fused-ring (bicyclic) bond motifs is 1. The second-order valence-corrected chi connectivity index (χ2v) is 6.28. The van der Waals surface area contributed by atoms with Crippen LogP contribution >= 0.6 is 22.9 Å². The molecule has 0 bridgehead atoms. The first kappa shape index (κ1) is 15.9. The van der Waals surface area contributed by atoms with Crippen LogP contribution < -0.4 is 0 Å². The SMILES string of the molecule is C[C@H](c1ccccc1Cl)N1CCc2sccc2C1.O=C=O. The number of benzene rings is 1. The number of halogens is 1. The average molecular weight is 322 g/mol. The van der Waals surface area contributed by atoms with Crippen LogP contribution in [0.5, 0.6) is 0 Å². The van der Waals surface area contributed by atoms with Gasteiger partial charge in [0.25, 0.3) is 0 Å². The van der Waals surface area contributed by atoms with E-state index in [1.54, 1.807) is 4.88 Å². The number of rotatable bonds is 2. The summed E-state index contributed by atoms with van der Waals surface area (Å²) < 4.78 is 0. The molecule has 0 fully saturated rings. The standard InChI is InChI=1S/C15H16ClNS.CO2/c1-11(13-4-2-3-5-14(13)16)17-8-6-15-12(10-17)7-9-18-15;2-1-3/h2-5,7,9,11H,6,8,10H2,1H3;/t11-;/m1./s1. The highest BCUT2D eigenvalue weighted by atomic mass is 35.5. The number of nitrogens with zero attached hydrogens (tertiary/aromatic N) is 1. The van der Waals surface area contributed by atoms with Crippen molar-refractivity contribution in [1.82, 2.24) is 4.90 Å². The lowest BCUT2D eigenvalue weighted by molar-refractivity contribution is -0.191. The number of hydrogen-bond acceptors (Lipinski definition) is 4. The van der Waals surface area contributed by atoms with Crippen molar-refractivity contribution >= 4 is 29.1 Å². The molecule has 0 saturated carbocycles. The number of carbonyl (C=O) groups excluding carboxylic acids is 2. The largest absolute Gasteiger partial charge is 0.373 e. The van der Waals surface area contributed by atoms with Gasteiger partial charge in [-0.1, -0.05) is 29.8 Å². The van der Waals surface area contributed by atoms with Gasteiger partial charge in [-0.25, -0.2) is 0 Å². The van der Waals surface area contributed by atoms with Crippen molar-refractivity contribution in [3.63, 3.8) is 0 Å². The van der Waals surface area contributed by atoms with Gasteiger partial charge in [0.05, 0.1) is 0 Å². The Morgan fingerprint density at radius 3 is 2.71 bits per heavy atom. The Bertz CT molecular complexity index is 635. The van der Waals surface area contributed by atoms with E-state index in [0.717, 1.165) is 18.1 Å². The molecule has 2 heterocycles. The van der Waals surface area contributed by atoms with Gasteiger partial charge in [0, 0.05) is 29.0 Å². The van der Waals surface area contributed by atoms with Crippen molar-refractivity contribution in [2.24, 2.45) is 0 Å². The zero-order valence-electron chi connectivity index (χ0n) is 11.7. The van der Waals surface area contributed by atoms with Crippen molar-refractivity contribution in [3.05, 3.63) is 56.7 Å². The van der Waals surface area contributed by atoms with Gasteiger partial charge in [0.1, 0.15) is 0 Å². The fourth-order valence-electron chi connectivity index (χ4n) is 2.61. The summed E-state index contributed by atoms with van der Waals surface area (Å²) >= 11 is 8.18. The highest BCUT2D eigenvalue weighted by Gasteiger charge is 2.23. The predicted octanol–water partition coefficient (Wildman–Crippen LogP) is 3.94. The maximum Gasteiger partial charge on any atom is 0.373 e. The van der Waals surface area contributed by atoms with E-state index in [9.17, 15) is 0 Å². The number of hydrogen-bond donors (Lipinski definition) is 0. The van der Waals surface area contributed by atoms with Crippen molar-refractivity contribution in [2.45, 2.75) is 25.9 Å². The van der Waals surface area contributed by atoms with Gasteiger partial charge in [-0.3, -0.25) is 4.90 Å². The van der Waals surface area contributed by atoms with Crippen molar-refractivity contribution in [3.8, 4) is 0 Å². The summed E-state index contributed by atoms with van der Waals surface area (Å²) in [5.41, 5.74) is 2.72. The first-order valence-corrected chi connectivity index (χ1v) is 7.96. The van der Waals surface area contributed by atoms with Gasteiger partial charge in [-0.05, 0) is 42.0 Å². The van der Waals surface area contributed by atoms with E-state index in [-0.39, 0.29) is 6.15 Å². The molecule has 0 radical (unpaired) electrons. The van der Waals surface area contributed by atoms with E-state index in [1.165, 1.54) is 17.5 Å². The summed E-state index contributed by atoms with van der Waals surface area (Å²) in [5, 5.41) is 3.08. The molecule has 110 valence electrons. The molecule has 21 heavy (non-hydrogen) atoms. The Labute approximate surface area is 133 Å². The highest BCUT2D eigenvalue weighted by molar-refractivity contribution is 7.10. The molecule has 0 aliphatic carbocycles. The molecule has 1 aliphatic rings. The van der Waals surface area contributed by atoms with E-state index in [2.05, 4.69) is 35.4 Å². The minimum absolute atomic E-state index is 0.250. The molecule has 0 N–H and O–H groups in total. The second-order valence-electron chi connectivity index (χ2n) is 4.87. The lowest BCUT2D eigenvalue weighted by Crippen LogP contribution is -2.32. The van der Waals surface area contributed by atoms with Crippen molar-refractivity contribution < 1.29 is 9.59 Å². The molecule has 0 amide bonds. The van der Waals surface area contributed by atoms with Crippen LogP contribution in [-0.2, 0) is 22.6 Å². The molecule has 1 aliphatic heterocycles. The summed E-state index contributed by atoms with van der Waals surface area (Å²) in [6, 6.07) is 10.8. The predicted molar refractivity (Wildman–Crippen MR) is 83.3 cm³/mol. The molecule has 1 aromatic carbocycles. The van der Waals surface area contributed by atoms with Crippen molar-refractivity contribution in [1.29, 1.82) is 0 Å². The summed E-state index contributed by atoms with van der Waals surface area (Å²) in [6.45, 7) is 4.42. The van der Waals surface area contributed by atoms with Crippen LogP contribution in [0.4, 0.5) is 0 Å². The van der Waals surface area contributed by atoms with Gasteiger partial charge in [-0.2, -0.15) is 9.59 Å². The Kier molecular flexibility index (Phi) is 5.71. The fraction of sp³-hybridized carbons (Fsp3) is 0.312. The third-order valence-corrected chi connectivity index (χ3v) is 5.11. The Hall–Kier alpha value is -1.45. The lowest BCUT2D eigenvalue weighted by Gasteiger charge is -2.33. The Morgan fingerprint density at radius 1 is 1.29 bits per heavy atom. The third kappa shape index (κ3) is 3.80. The normalized spacial score (nSPS) is 15.3. The molecule has 3 nitrogen and oxygen atoms in total. The highest BCUT2D eigenvalue weighted by Crippen LogP contribution is 2.32.